The van der Waals surface area contributed by atoms with Crippen molar-refractivity contribution >= 4 is 17.4 Å². The topological polar surface area (TPSA) is 67.4 Å². The summed E-state index contributed by atoms with van der Waals surface area (Å²) in [6.07, 6.45) is 2.08. The summed E-state index contributed by atoms with van der Waals surface area (Å²) in [6.45, 7) is 5.50. The molecule has 5 nitrogen and oxygen atoms in total. The Morgan fingerprint density at radius 2 is 2.05 bits per heavy atom. The summed E-state index contributed by atoms with van der Waals surface area (Å²) in [7, 11) is 0. The fourth-order valence-corrected chi connectivity index (χ4v) is 2.66. The lowest BCUT2D eigenvalue weighted by Crippen LogP contribution is -2.40. The van der Waals surface area contributed by atoms with E-state index in [1.54, 1.807) is 24.3 Å². The van der Waals surface area contributed by atoms with E-state index in [0.29, 0.717) is 23.2 Å². The molecule has 22 heavy (non-hydrogen) atoms. The van der Waals surface area contributed by atoms with E-state index in [1.165, 1.54) is 6.92 Å². The van der Waals surface area contributed by atoms with E-state index < -0.39 is 0 Å². The van der Waals surface area contributed by atoms with Gasteiger partial charge in [0.2, 0.25) is 5.91 Å². The maximum absolute atomic E-state index is 12.0. The first-order valence-corrected chi connectivity index (χ1v) is 7.78. The van der Waals surface area contributed by atoms with Crippen LogP contribution < -0.4 is 10.6 Å². The summed E-state index contributed by atoms with van der Waals surface area (Å²) in [6, 6.07) is 7.28. The summed E-state index contributed by atoms with van der Waals surface area (Å²) in [5.74, 6) is 0.449. The van der Waals surface area contributed by atoms with Crippen LogP contribution in [0, 0.1) is 5.92 Å². The molecular formula is C17H24N2O3. The van der Waals surface area contributed by atoms with Gasteiger partial charge < -0.3 is 15.4 Å². The third-order valence-corrected chi connectivity index (χ3v) is 4.11. The summed E-state index contributed by atoms with van der Waals surface area (Å²) in [5.41, 5.74) is 1.25. The zero-order valence-corrected chi connectivity index (χ0v) is 13.2. The lowest BCUT2D eigenvalue weighted by Gasteiger charge is -2.28. The number of ether oxygens (including phenoxy) is 1. The number of ketones is 1. The monoisotopic (exact) mass is 304 g/mol. The van der Waals surface area contributed by atoms with Crippen LogP contribution in [0.15, 0.2) is 24.3 Å². The highest BCUT2D eigenvalue weighted by atomic mass is 16.5. The molecule has 1 aliphatic heterocycles. The van der Waals surface area contributed by atoms with Crippen LogP contribution in [0.4, 0.5) is 5.69 Å². The van der Waals surface area contributed by atoms with Crippen molar-refractivity contribution in [3.63, 3.8) is 0 Å². The van der Waals surface area contributed by atoms with Crippen LogP contribution in [0.2, 0.25) is 0 Å². The van der Waals surface area contributed by atoms with Crippen LogP contribution in [0.1, 0.15) is 37.0 Å². The third kappa shape index (κ3) is 4.93. The molecule has 5 heteroatoms. The van der Waals surface area contributed by atoms with Crippen molar-refractivity contribution < 1.29 is 14.3 Å². The number of nitrogens with one attached hydrogen (secondary N) is 2. The highest BCUT2D eigenvalue weighted by Crippen LogP contribution is 2.18. The van der Waals surface area contributed by atoms with Crippen molar-refractivity contribution in [2.24, 2.45) is 5.92 Å². The van der Waals surface area contributed by atoms with Gasteiger partial charge in [-0.1, -0.05) is 12.1 Å². The minimum atomic E-state index is -0.0976. The van der Waals surface area contributed by atoms with E-state index in [4.69, 9.17) is 4.74 Å². The van der Waals surface area contributed by atoms with Gasteiger partial charge in [0, 0.05) is 30.5 Å². The van der Waals surface area contributed by atoms with Crippen LogP contribution in [0.5, 0.6) is 0 Å². The van der Waals surface area contributed by atoms with Crippen molar-refractivity contribution in [3.05, 3.63) is 29.8 Å². The Kier molecular flexibility index (Phi) is 6.10. The molecular weight excluding hydrogens is 280 g/mol. The van der Waals surface area contributed by atoms with Gasteiger partial charge in [-0.15, -0.1) is 0 Å². The van der Waals surface area contributed by atoms with Gasteiger partial charge in [0.25, 0.3) is 0 Å². The number of benzene rings is 1. The number of anilines is 1. The zero-order chi connectivity index (χ0) is 15.9. The van der Waals surface area contributed by atoms with E-state index in [0.717, 1.165) is 26.1 Å². The minimum absolute atomic E-state index is 0.0117. The molecule has 1 heterocycles. The maximum Gasteiger partial charge on any atom is 0.238 e. The molecule has 1 amide bonds. The van der Waals surface area contributed by atoms with Gasteiger partial charge in [0.15, 0.2) is 5.78 Å². The number of carbonyl (C=O) groups excluding carboxylic acids is 2. The maximum atomic E-state index is 12.0. The molecule has 1 atom stereocenters. The van der Waals surface area contributed by atoms with E-state index in [9.17, 15) is 9.59 Å². The van der Waals surface area contributed by atoms with Gasteiger partial charge in [-0.2, -0.15) is 0 Å². The largest absolute Gasteiger partial charge is 0.381 e. The highest BCUT2D eigenvalue weighted by molar-refractivity contribution is 5.97. The van der Waals surface area contributed by atoms with Gasteiger partial charge in [-0.25, -0.2) is 0 Å². The van der Waals surface area contributed by atoms with Crippen molar-refractivity contribution in [2.75, 3.05) is 25.1 Å². The number of hydrogen-bond acceptors (Lipinski definition) is 4. The molecule has 0 saturated carbocycles. The van der Waals surface area contributed by atoms with Gasteiger partial charge in [0.1, 0.15) is 0 Å². The molecule has 2 N–H and O–H groups in total. The summed E-state index contributed by atoms with van der Waals surface area (Å²) in [4.78, 5) is 23.3. The van der Waals surface area contributed by atoms with Crippen LogP contribution in [-0.4, -0.2) is 37.5 Å². The Morgan fingerprint density at radius 1 is 1.32 bits per heavy atom. The van der Waals surface area contributed by atoms with Gasteiger partial charge >= 0.3 is 0 Å². The lowest BCUT2D eigenvalue weighted by molar-refractivity contribution is -0.115. The van der Waals surface area contributed by atoms with E-state index in [-0.39, 0.29) is 18.2 Å². The predicted octanol–water partition coefficient (Wildman–Crippen LogP) is 2.23. The molecule has 0 unspecified atom stereocenters. The number of hydrogen-bond donors (Lipinski definition) is 2. The Hall–Kier alpha value is -1.72. The predicted molar refractivity (Wildman–Crippen MR) is 86.1 cm³/mol. The third-order valence-electron chi connectivity index (χ3n) is 4.11. The standard InChI is InChI=1S/C17H24N2O3/c1-12(14-6-8-22-9-7-14)18-11-17(21)19-16-5-3-4-15(10-16)13(2)20/h3-5,10,12,14,18H,6-9,11H2,1-2H3,(H,19,21)/t12-/m1/s1. The summed E-state index contributed by atoms with van der Waals surface area (Å²) in [5, 5.41) is 6.09. The summed E-state index contributed by atoms with van der Waals surface area (Å²) >= 11 is 0. The van der Waals surface area contributed by atoms with Crippen LogP contribution in [0.25, 0.3) is 0 Å². The average molecular weight is 304 g/mol. The Labute approximate surface area is 131 Å². The number of rotatable bonds is 6. The van der Waals surface area contributed by atoms with Crippen molar-refractivity contribution in [3.8, 4) is 0 Å². The van der Waals surface area contributed by atoms with Crippen molar-refractivity contribution in [2.45, 2.75) is 32.7 Å². The lowest BCUT2D eigenvalue weighted by atomic mass is 9.93. The number of amides is 1. The van der Waals surface area contributed by atoms with Crippen LogP contribution in [0.3, 0.4) is 0 Å². The quantitative estimate of drug-likeness (QED) is 0.791. The van der Waals surface area contributed by atoms with Gasteiger partial charge in [0.05, 0.1) is 6.54 Å². The smallest absolute Gasteiger partial charge is 0.238 e. The van der Waals surface area contributed by atoms with E-state index in [1.807, 2.05) is 0 Å². The van der Waals surface area contributed by atoms with Crippen LogP contribution >= 0.6 is 0 Å². The van der Waals surface area contributed by atoms with Crippen LogP contribution in [-0.2, 0) is 9.53 Å². The molecule has 2 rings (SSSR count). The second kappa shape index (κ2) is 8.06. The first kappa shape index (κ1) is 16.6. The average Bonchev–Trinajstić information content (AvgIpc) is 2.53. The Bertz CT molecular complexity index is 524. The molecule has 1 aromatic rings. The SMILES string of the molecule is CC(=O)c1cccc(NC(=O)CN[C@H](C)C2CCOCC2)c1. The highest BCUT2D eigenvalue weighted by Gasteiger charge is 2.20. The fourth-order valence-electron chi connectivity index (χ4n) is 2.66. The molecule has 1 aromatic carbocycles. The molecule has 1 fully saturated rings. The van der Waals surface area contributed by atoms with Gasteiger partial charge in [-0.3, -0.25) is 9.59 Å². The molecule has 1 aliphatic rings. The minimum Gasteiger partial charge on any atom is -0.381 e. The number of Topliss-reactive ketones (excluding diaryl/α,β-unsaturated/α-hetero) is 1. The van der Waals surface area contributed by atoms with Crippen molar-refractivity contribution in [1.82, 2.24) is 5.32 Å². The van der Waals surface area contributed by atoms with Crippen molar-refractivity contribution in [1.29, 1.82) is 0 Å². The van der Waals surface area contributed by atoms with E-state index >= 15 is 0 Å². The zero-order valence-electron chi connectivity index (χ0n) is 13.2. The van der Waals surface area contributed by atoms with E-state index in [2.05, 4.69) is 17.6 Å². The Morgan fingerprint density at radius 3 is 2.73 bits per heavy atom. The first-order valence-electron chi connectivity index (χ1n) is 7.78. The van der Waals surface area contributed by atoms with Gasteiger partial charge in [-0.05, 0) is 44.7 Å². The second-order valence-electron chi connectivity index (χ2n) is 5.80. The molecule has 0 aromatic heterocycles. The first-order chi connectivity index (χ1) is 10.6. The normalized spacial score (nSPS) is 17.0. The Balaban J connectivity index is 1.80. The molecule has 0 spiro atoms. The molecule has 0 bridgehead atoms. The molecule has 0 radical (unpaired) electrons. The second-order valence-corrected chi connectivity index (χ2v) is 5.80. The number of carbonyl (C=O) groups is 2. The molecule has 1 saturated heterocycles. The summed E-state index contributed by atoms with van der Waals surface area (Å²) < 4.78 is 5.35. The molecule has 120 valence electrons. The fraction of sp³-hybridized carbons (Fsp3) is 0.529. The molecule has 0 aliphatic carbocycles.